The van der Waals surface area contributed by atoms with Crippen molar-refractivity contribution in [3.63, 3.8) is 0 Å². The van der Waals surface area contributed by atoms with E-state index in [1.165, 1.54) is 12.1 Å². The van der Waals surface area contributed by atoms with Crippen molar-refractivity contribution < 1.29 is 13.5 Å². The lowest BCUT2D eigenvalue weighted by molar-refractivity contribution is 0.0755. The predicted molar refractivity (Wildman–Crippen MR) is 67.1 cm³/mol. The maximum absolute atomic E-state index is 12.0. The van der Waals surface area contributed by atoms with Crippen molar-refractivity contribution in [2.75, 3.05) is 6.54 Å². The average Bonchev–Trinajstić information content (AvgIpc) is 2.25. The van der Waals surface area contributed by atoms with Gasteiger partial charge in [0.05, 0.1) is 10.5 Å². The van der Waals surface area contributed by atoms with Crippen molar-refractivity contribution in [3.8, 4) is 0 Å². The summed E-state index contributed by atoms with van der Waals surface area (Å²) < 4.78 is 26.4. The summed E-state index contributed by atoms with van der Waals surface area (Å²) in [5, 5.41) is 9.95. The summed E-state index contributed by atoms with van der Waals surface area (Å²) >= 11 is 0. The van der Waals surface area contributed by atoms with Gasteiger partial charge >= 0.3 is 0 Å². The molecule has 0 aliphatic carbocycles. The molecule has 0 aliphatic rings. The minimum absolute atomic E-state index is 0.0920. The fourth-order valence-corrected chi connectivity index (χ4v) is 2.81. The van der Waals surface area contributed by atoms with E-state index in [1.807, 2.05) is 0 Å². The molecule has 0 aliphatic heterocycles. The molecule has 5 heteroatoms. The Bertz CT molecular complexity index is 501. The van der Waals surface area contributed by atoms with E-state index in [2.05, 4.69) is 11.3 Å². The lowest BCUT2D eigenvalue weighted by Gasteiger charge is -2.21. The monoisotopic (exact) mass is 255 g/mol. The number of benzene rings is 1. The molecule has 0 unspecified atom stereocenters. The van der Waals surface area contributed by atoms with E-state index in [4.69, 9.17) is 0 Å². The van der Waals surface area contributed by atoms with Crippen LogP contribution in [0.25, 0.3) is 0 Å². The zero-order valence-corrected chi connectivity index (χ0v) is 10.8. The summed E-state index contributed by atoms with van der Waals surface area (Å²) in [6.07, 6.45) is 1.46. The van der Waals surface area contributed by atoms with Gasteiger partial charge in [-0.05, 0) is 19.9 Å². The zero-order chi connectivity index (χ0) is 13.1. The molecule has 4 nitrogen and oxygen atoms in total. The van der Waals surface area contributed by atoms with E-state index >= 15 is 0 Å². The van der Waals surface area contributed by atoms with Crippen LogP contribution in [-0.2, 0) is 15.6 Å². The van der Waals surface area contributed by atoms with Gasteiger partial charge in [-0.25, -0.2) is 13.1 Å². The van der Waals surface area contributed by atoms with Gasteiger partial charge in [0, 0.05) is 12.1 Å². The molecule has 1 rings (SSSR count). The Morgan fingerprint density at radius 3 is 2.53 bits per heavy atom. The van der Waals surface area contributed by atoms with Crippen molar-refractivity contribution in [3.05, 3.63) is 42.5 Å². The molecule has 2 N–H and O–H groups in total. The fraction of sp³-hybridized carbons (Fsp3) is 0.333. The van der Waals surface area contributed by atoms with Crippen molar-refractivity contribution >= 4 is 10.0 Å². The van der Waals surface area contributed by atoms with Crippen LogP contribution >= 0.6 is 0 Å². The number of rotatable bonds is 5. The quantitative estimate of drug-likeness (QED) is 0.781. The van der Waals surface area contributed by atoms with Gasteiger partial charge in [-0.3, -0.25) is 0 Å². The molecule has 0 radical (unpaired) electrons. The van der Waals surface area contributed by atoms with E-state index in [0.717, 1.165) is 0 Å². The van der Waals surface area contributed by atoms with Crippen molar-refractivity contribution in [1.29, 1.82) is 0 Å². The molecule has 0 saturated heterocycles. The first kappa shape index (κ1) is 13.9. The number of sulfonamides is 1. The summed E-state index contributed by atoms with van der Waals surface area (Å²) in [7, 11) is -3.62. The lowest BCUT2D eigenvalue weighted by atomic mass is 9.99. The highest BCUT2D eigenvalue weighted by Crippen LogP contribution is 2.26. The minimum atomic E-state index is -3.62. The third-order valence-corrected chi connectivity index (χ3v) is 3.74. The molecule has 1 aromatic carbocycles. The Kier molecular flexibility index (Phi) is 4.08. The van der Waals surface area contributed by atoms with Crippen molar-refractivity contribution in [2.24, 2.45) is 0 Å². The summed E-state index contributed by atoms with van der Waals surface area (Å²) in [6.45, 7) is 6.71. The van der Waals surface area contributed by atoms with E-state index in [0.29, 0.717) is 5.56 Å². The molecule has 0 spiro atoms. The van der Waals surface area contributed by atoms with Gasteiger partial charge in [-0.2, -0.15) is 0 Å². The van der Waals surface area contributed by atoms with Crippen molar-refractivity contribution in [1.82, 2.24) is 4.72 Å². The van der Waals surface area contributed by atoms with Gasteiger partial charge in [-0.15, -0.1) is 6.58 Å². The Morgan fingerprint density at radius 2 is 2.00 bits per heavy atom. The highest BCUT2D eigenvalue weighted by Gasteiger charge is 2.25. The summed E-state index contributed by atoms with van der Waals surface area (Å²) in [6, 6.07) is 6.39. The maximum Gasteiger partial charge on any atom is 0.241 e. The van der Waals surface area contributed by atoms with Gasteiger partial charge in [0.15, 0.2) is 0 Å². The Labute approximate surface area is 102 Å². The molecule has 1 aromatic rings. The van der Waals surface area contributed by atoms with Gasteiger partial charge < -0.3 is 5.11 Å². The first-order chi connectivity index (χ1) is 7.79. The van der Waals surface area contributed by atoms with E-state index < -0.39 is 15.6 Å². The largest absolute Gasteiger partial charge is 0.386 e. The summed E-state index contributed by atoms with van der Waals surface area (Å²) in [5.41, 5.74) is -0.837. The smallest absolute Gasteiger partial charge is 0.241 e. The topological polar surface area (TPSA) is 66.4 Å². The Morgan fingerprint density at radius 1 is 1.41 bits per heavy atom. The second-order valence-corrected chi connectivity index (χ2v) is 5.93. The van der Waals surface area contributed by atoms with E-state index in [-0.39, 0.29) is 11.4 Å². The van der Waals surface area contributed by atoms with E-state index in [9.17, 15) is 13.5 Å². The summed E-state index contributed by atoms with van der Waals surface area (Å²) in [5.74, 6) is 0. The molecule has 0 bridgehead atoms. The van der Waals surface area contributed by atoms with Crippen LogP contribution in [0.3, 0.4) is 0 Å². The second kappa shape index (κ2) is 5.00. The van der Waals surface area contributed by atoms with Crippen LogP contribution in [0.5, 0.6) is 0 Å². The Hall–Kier alpha value is -1.17. The molecule has 0 atom stereocenters. The second-order valence-electron chi connectivity index (χ2n) is 4.20. The third-order valence-electron chi connectivity index (χ3n) is 2.25. The molecule has 0 heterocycles. The molecular formula is C12H17NO3S. The minimum Gasteiger partial charge on any atom is -0.386 e. The third kappa shape index (κ3) is 3.39. The van der Waals surface area contributed by atoms with Gasteiger partial charge in [-0.1, -0.05) is 24.3 Å². The van der Waals surface area contributed by atoms with Crippen molar-refractivity contribution in [2.45, 2.75) is 24.3 Å². The predicted octanol–water partition coefficient (Wildman–Crippen LogP) is 1.38. The van der Waals surface area contributed by atoms with Crippen LogP contribution < -0.4 is 4.72 Å². The van der Waals surface area contributed by atoms with Gasteiger partial charge in [0.1, 0.15) is 0 Å². The number of hydrogen-bond acceptors (Lipinski definition) is 3. The lowest BCUT2D eigenvalue weighted by Crippen LogP contribution is -2.28. The van der Waals surface area contributed by atoms with Gasteiger partial charge in [0.2, 0.25) is 10.0 Å². The first-order valence-electron chi connectivity index (χ1n) is 5.21. The van der Waals surface area contributed by atoms with Crippen LogP contribution in [0.1, 0.15) is 19.4 Å². The molecule has 0 fully saturated rings. The first-order valence-corrected chi connectivity index (χ1v) is 6.70. The molecule has 0 aromatic heterocycles. The van der Waals surface area contributed by atoms with Crippen LogP contribution in [0, 0.1) is 0 Å². The van der Waals surface area contributed by atoms with Crippen LogP contribution in [0.15, 0.2) is 41.8 Å². The van der Waals surface area contributed by atoms with Crippen LogP contribution in [0.2, 0.25) is 0 Å². The molecule has 17 heavy (non-hydrogen) atoms. The number of aliphatic hydroxyl groups is 1. The molecule has 94 valence electrons. The average molecular weight is 255 g/mol. The van der Waals surface area contributed by atoms with Gasteiger partial charge in [0.25, 0.3) is 0 Å². The fourth-order valence-electron chi connectivity index (χ4n) is 1.45. The number of nitrogens with one attached hydrogen (secondary N) is 1. The summed E-state index contributed by atoms with van der Waals surface area (Å²) in [4.78, 5) is 0.0920. The highest BCUT2D eigenvalue weighted by molar-refractivity contribution is 7.89. The molecule has 0 amide bonds. The SMILES string of the molecule is C=CCNS(=O)(=O)c1ccccc1C(C)(C)O. The molecular weight excluding hydrogens is 238 g/mol. The van der Waals surface area contributed by atoms with Crippen LogP contribution in [-0.4, -0.2) is 20.1 Å². The highest BCUT2D eigenvalue weighted by atomic mass is 32.2. The number of hydrogen-bond donors (Lipinski definition) is 2. The van der Waals surface area contributed by atoms with Crippen LogP contribution in [0.4, 0.5) is 0 Å². The molecule has 0 saturated carbocycles. The standard InChI is InChI=1S/C12H17NO3S/c1-4-9-13-17(15,16)11-8-6-5-7-10(11)12(2,3)14/h4-8,13-14H,1,9H2,2-3H3. The van der Waals surface area contributed by atoms with E-state index in [1.54, 1.807) is 32.0 Å². The normalized spacial score (nSPS) is 12.4. The maximum atomic E-state index is 12.0. The zero-order valence-electron chi connectivity index (χ0n) is 9.97. The Balaban J connectivity index is 3.27.